The summed E-state index contributed by atoms with van der Waals surface area (Å²) in [6.45, 7) is 12.7. The van der Waals surface area contributed by atoms with Crippen molar-refractivity contribution in [2.75, 3.05) is 7.11 Å². The quantitative estimate of drug-likeness (QED) is 0.455. The molecule has 0 unspecified atom stereocenters. The number of nitrogens with zero attached hydrogens (tertiary/aromatic N) is 6. The molecule has 2 aromatic heterocycles. The molecule has 0 radical (unpaired) electrons. The third-order valence-corrected chi connectivity index (χ3v) is 5.35. The van der Waals surface area contributed by atoms with Crippen LogP contribution < -0.4 is 4.74 Å². The van der Waals surface area contributed by atoms with E-state index in [0.717, 1.165) is 48.5 Å². The van der Waals surface area contributed by atoms with Gasteiger partial charge in [0.25, 0.3) is 0 Å². The molecule has 0 amide bonds. The Kier molecular flexibility index (Phi) is 7.08. The molecule has 0 atom stereocenters. The molecule has 31 heavy (non-hydrogen) atoms. The highest BCUT2D eigenvalue weighted by Crippen LogP contribution is 2.30. The van der Waals surface area contributed by atoms with Gasteiger partial charge in [-0.1, -0.05) is 41.5 Å². The monoisotopic (exact) mass is 426 g/mol. The Bertz CT molecular complexity index is 990. The van der Waals surface area contributed by atoms with E-state index < -0.39 is 0 Å². The smallest absolute Gasteiger partial charge is 0.219 e. The molecular weight excluding hydrogens is 392 g/mol. The Morgan fingerprint density at radius 3 is 2.45 bits per heavy atom. The molecule has 0 spiro atoms. The molecule has 8 nitrogen and oxygen atoms in total. The summed E-state index contributed by atoms with van der Waals surface area (Å²) in [7, 11) is 1.70. The fraction of sp³-hybridized carbons (Fsp3) is 0.609. The van der Waals surface area contributed by atoms with Crippen LogP contribution in [-0.2, 0) is 12.8 Å². The summed E-state index contributed by atoms with van der Waals surface area (Å²) in [6, 6.07) is 6.02. The Balaban J connectivity index is 1.65. The number of benzene rings is 1. The van der Waals surface area contributed by atoms with Gasteiger partial charge >= 0.3 is 0 Å². The minimum Gasteiger partial charge on any atom is -0.496 e. The number of hydrogen-bond donors (Lipinski definition) is 0. The van der Waals surface area contributed by atoms with Crippen molar-refractivity contribution in [3.63, 3.8) is 0 Å². The number of hydrogen-bond acceptors (Lipinski definition) is 7. The highest BCUT2D eigenvalue weighted by molar-refractivity contribution is 5.43. The molecule has 1 aromatic carbocycles. The average Bonchev–Trinajstić information content (AvgIpc) is 3.37. The summed E-state index contributed by atoms with van der Waals surface area (Å²) in [4.78, 5) is 1.59. The molecule has 0 saturated carbocycles. The van der Waals surface area contributed by atoms with Gasteiger partial charge in [0.1, 0.15) is 5.75 Å². The Labute approximate surface area is 184 Å². The van der Waals surface area contributed by atoms with E-state index in [-0.39, 0.29) is 17.3 Å². The van der Waals surface area contributed by atoms with E-state index in [1.807, 2.05) is 12.1 Å². The van der Waals surface area contributed by atoms with E-state index in [1.54, 1.807) is 11.9 Å². The first-order valence-corrected chi connectivity index (χ1v) is 11.0. The Hall–Kier alpha value is -2.77. The predicted octanol–water partition coefficient (Wildman–Crippen LogP) is 4.89. The fourth-order valence-corrected chi connectivity index (χ4v) is 3.48. The molecule has 3 aromatic rings. The highest BCUT2D eigenvalue weighted by atomic mass is 16.5. The molecule has 2 heterocycles. The molecular formula is C23H34N6O2. The number of methoxy groups -OCH3 is 1. The zero-order valence-electron chi connectivity index (χ0n) is 19.7. The first-order valence-electron chi connectivity index (χ1n) is 11.0. The zero-order valence-corrected chi connectivity index (χ0v) is 19.7. The third-order valence-electron chi connectivity index (χ3n) is 5.35. The fourth-order valence-electron chi connectivity index (χ4n) is 3.48. The van der Waals surface area contributed by atoms with Crippen molar-refractivity contribution < 1.29 is 9.15 Å². The summed E-state index contributed by atoms with van der Waals surface area (Å²) in [5.74, 6) is 3.52. The van der Waals surface area contributed by atoms with Crippen molar-refractivity contribution in [1.82, 2.24) is 30.4 Å². The van der Waals surface area contributed by atoms with E-state index in [2.05, 4.69) is 73.2 Å². The summed E-state index contributed by atoms with van der Waals surface area (Å²) in [5, 5.41) is 21.2. The van der Waals surface area contributed by atoms with E-state index in [9.17, 15) is 0 Å². The SMILES string of the molecule is COc1ccc(-n2nnc(C(C)C)n2)cc1CCCC(C)(C)Cc1nnc(C(C)C)o1. The van der Waals surface area contributed by atoms with Crippen molar-refractivity contribution >= 4 is 0 Å². The van der Waals surface area contributed by atoms with Crippen molar-refractivity contribution in [2.24, 2.45) is 5.41 Å². The first-order chi connectivity index (χ1) is 14.7. The number of rotatable bonds is 10. The lowest BCUT2D eigenvalue weighted by atomic mass is 9.83. The van der Waals surface area contributed by atoms with Crippen LogP contribution in [0.1, 0.15) is 89.4 Å². The number of ether oxygens (including phenoxy) is 1. The normalized spacial score (nSPS) is 12.2. The van der Waals surface area contributed by atoms with Crippen molar-refractivity contribution in [1.29, 1.82) is 0 Å². The van der Waals surface area contributed by atoms with Crippen LogP contribution in [0.2, 0.25) is 0 Å². The predicted molar refractivity (Wildman–Crippen MR) is 119 cm³/mol. The maximum atomic E-state index is 5.80. The van der Waals surface area contributed by atoms with E-state index in [0.29, 0.717) is 11.8 Å². The molecule has 8 heteroatoms. The van der Waals surface area contributed by atoms with E-state index >= 15 is 0 Å². The van der Waals surface area contributed by atoms with Crippen molar-refractivity contribution in [3.05, 3.63) is 41.4 Å². The topological polar surface area (TPSA) is 91.8 Å². The largest absolute Gasteiger partial charge is 0.496 e. The number of aryl methyl sites for hydroxylation is 1. The summed E-state index contributed by atoms with van der Waals surface area (Å²) in [5.41, 5.74) is 2.09. The van der Waals surface area contributed by atoms with Gasteiger partial charge in [0.15, 0.2) is 5.82 Å². The molecule has 168 valence electrons. The van der Waals surface area contributed by atoms with Gasteiger partial charge in [-0.3, -0.25) is 0 Å². The standard InChI is InChI=1S/C23H34N6O2/c1-15(2)21-25-28-29(27-21)18-10-11-19(30-7)17(13-18)9-8-12-23(5,6)14-20-24-26-22(31-20)16(3)4/h10-11,13,15-16H,8-9,12,14H2,1-7H3. The Morgan fingerprint density at radius 1 is 1.06 bits per heavy atom. The average molecular weight is 427 g/mol. The van der Waals surface area contributed by atoms with Gasteiger partial charge in [0.2, 0.25) is 11.8 Å². The maximum absolute atomic E-state index is 5.80. The van der Waals surface area contributed by atoms with Crippen molar-refractivity contribution in [2.45, 2.75) is 79.1 Å². The van der Waals surface area contributed by atoms with Crippen LogP contribution in [0.15, 0.2) is 22.6 Å². The summed E-state index contributed by atoms with van der Waals surface area (Å²) >= 11 is 0. The van der Waals surface area contributed by atoms with Gasteiger partial charge in [-0.2, -0.15) is 0 Å². The van der Waals surface area contributed by atoms with Gasteiger partial charge in [0.05, 0.1) is 12.8 Å². The number of tetrazole rings is 1. The summed E-state index contributed by atoms with van der Waals surface area (Å²) in [6.07, 6.45) is 3.71. The molecule has 0 aliphatic rings. The van der Waals surface area contributed by atoms with Crippen LogP contribution in [0, 0.1) is 5.41 Å². The van der Waals surface area contributed by atoms with Gasteiger partial charge in [0, 0.05) is 18.3 Å². The zero-order chi connectivity index (χ0) is 22.6. The van der Waals surface area contributed by atoms with Crippen LogP contribution in [0.4, 0.5) is 0 Å². The lowest BCUT2D eigenvalue weighted by molar-refractivity contribution is 0.285. The molecule has 0 aliphatic carbocycles. The molecule has 0 bridgehead atoms. The maximum Gasteiger partial charge on any atom is 0.219 e. The second-order valence-corrected chi connectivity index (χ2v) is 9.47. The van der Waals surface area contributed by atoms with Gasteiger partial charge in [-0.05, 0) is 53.7 Å². The number of aromatic nitrogens is 6. The van der Waals surface area contributed by atoms with Gasteiger partial charge in [-0.25, -0.2) is 0 Å². The lowest BCUT2D eigenvalue weighted by Gasteiger charge is -2.22. The van der Waals surface area contributed by atoms with Gasteiger partial charge in [-0.15, -0.1) is 25.2 Å². The van der Waals surface area contributed by atoms with Crippen molar-refractivity contribution in [3.8, 4) is 11.4 Å². The lowest BCUT2D eigenvalue weighted by Crippen LogP contribution is -2.15. The minimum atomic E-state index is 0.0608. The molecule has 3 rings (SSSR count). The minimum absolute atomic E-state index is 0.0608. The molecule has 0 saturated heterocycles. The highest BCUT2D eigenvalue weighted by Gasteiger charge is 2.23. The first kappa shape index (κ1) is 22.9. The van der Waals surface area contributed by atoms with Crippen LogP contribution in [0.25, 0.3) is 5.69 Å². The van der Waals surface area contributed by atoms with Gasteiger partial charge < -0.3 is 9.15 Å². The molecule has 0 fully saturated rings. The van der Waals surface area contributed by atoms with Crippen LogP contribution in [-0.4, -0.2) is 37.5 Å². The molecule has 0 N–H and O–H groups in total. The van der Waals surface area contributed by atoms with E-state index in [4.69, 9.17) is 9.15 Å². The Morgan fingerprint density at radius 2 is 1.84 bits per heavy atom. The van der Waals surface area contributed by atoms with Crippen LogP contribution in [0.3, 0.4) is 0 Å². The van der Waals surface area contributed by atoms with Crippen LogP contribution in [0.5, 0.6) is 5.75 Å². The van der Waals surface area contributed by atoms with Crippen LogP contribution >= 0.6 is 0 Å². The summed E-state index contributed by atoms with van der Waals surface area (Å²) < 4.78 is 11.4. The third kappa shape index (κ3) is 5.89. The second kappa shape index (κ2) is 9.58. The van der Waals surface area contributed by atoms with E-state index in [1.165, 1.54) is 0 Å². The second-order valence-electron chi connectivity index (χ2n) is 9.47. The molecule has 0 aliphatic heterocycles.